The van der Waals surface area contributed by atoms with Crippen molar-refractivity contribution in [3.05, 3.63) is 46.2 Å². The molecule has 2 rings (SSSR count). The van der Waals surface area contributed by atoms with Crippen LogP contribution in [0.1, 0.15) is 11.7 Å². The van der Waals surface area contributed by atoms with Gasteiger partial charge in [0.2, 0.25) is 0 Å². The summed E-state index contributed by atoms with van der Waals surface area (Å²) in [7, 11) is 3.32. The number of ether oxygens (including phenoxy) is 1. The molecule has 6 heteroatoms. The number of aromatic nitrogens is 1. The van der Waals surface area contributed by atoms with Gasteiger partial charge in [0.25, 0.3) is 5.91 Å². The van der Waals surface area contributed by atoms with Gasteiger partial charge in [-0.2, -0.15) is 4.99 Å². The number of hydrogen-bond acceptors (Lipinski definition) is 4. The molecule has 0 saturated carbocycles. The maximum atomic E-state index is 11.9. The normalized spacial score (nSPS) is 13.3. The summed E-state index contributed by atoms with van der Waals surface area (Å²) in [5.74, 6) is -0.00247. The zero-order valence-electron chi connectivity index (χ0n) is 10.6. The van der Waals surface area contributed by atoms with Gasteiger partial charge in [0.15, 0.2) is 10.9 Å². The van der Waals surface area contributed by atoms with Crippen LogP contribution in [0.2, 0.25) is 0 Å². The maximum Gasteiger partial charge on any atom is 0.281 e. The Morgan fingerprint density at radius 3 is 2.95 bits per heavy atom. The minimum atomic E-state index is -1.28. The molecular formula is C13H14N2O3S. The van der Waals surface area contributed by atoms with E-state index >= 15 is 0 Å². The lowest BCUT2D eigenvalue weighted by Crippen LogP contribution is -2.17. The van der Waals surface area contributed by atoms with Crippen molar-refractivity contribution >= 4 is 17.2 Å². The van der Waals surface area contributed by atoms with Crippen molar-refractivity contribution in [2.45, 2.75) is 6.10 Å². The molecule has 2 aromatic rings. The van der Waals surface area contributed by atoms with Crippen LogP contribution in [0.15, 0.2) is 40.8 Å². The summed E-state index contributed by atoms with van der Waals surface area (Å²) >= 11 is 1.34. The van der Waals surface area contributed by atoms with E-state index in [2.05, 4.69) is 4.99 Å². The molecule has 0 fully saturated rings. The highest BCUT2D eigenvalue weighted by atomic mass is 32.1. The number of carbonyl (C=O) groups is 1. The van der Waals surface area contributed by atoms with E-state index in [9.17, 15) is 9.90 Å². The van der Waals surface area contributed by atoms with Gasteiger partial charge in [0, 0.05) is 18.6 Å². The van der Waals surface area contributed by atoms with Crippen LogP contribution in [-0.2, 0) is 11.8 Å². The zero-order valence-corrected chi connectivity index (χ0v) is 11.4. The SMILES string of the molecule is COc1cccc(C(O)C(=O)N=c2sccn2C)c1. The highest BCUT2D eigenvalue weighted by Crippen LogP contribution is 2.19. The van der Waals surface area contributed by atoms with Crippen LogP contribution in [0.5, 0.6) is 5.75 Å². The Morgan fingerprint density at radius 1 is 1.53 bits per heavy atom. The molecule has 5 nitrogen and oxygen atoms in total. The van der Waals surface area contributed by atoms with Gasteiger partial charge in [-0.15, -0.1) is 11.3 Å². The number of benzene rings is 1. The molecule has 1 atom stereocenters. The third-order valence-electron chi connectivity index (χ3n) is 2.61. The number of nitrogens with zero attached hydrogens (tertiary/aromatic N) is 2. The van der Waals surface area contributed by atoms with Gasteiger partial charge >= 0.3 is 0 Å². The fourth-order valence-corrected chi connectivity index (χ4v) is 2.28. The van der Waals surface area contributed by atoms with Gasteiger partial charge in [-0.05, 0) is 17.7 Å². The monoisotopic (exact) mass is 278 g/mol. The van der Waals surface area contributed by atoms with E-state index in [0.29, 0.717) is 16.1 Å². The highest BCUT2D eigenvalue weighted by molar-refractivity contribution is 7.07. The lowest BCUT2D eigenvalue weighted by atomic mass is 10.1. The Kier molecular flexibility index (Phi) is 4.13. The van der Waals surface area contributed by atoms with Crippen molar-refractivity contribution < 1.29 is 14.6 Å². The molecule has 0 aliphatic carbocycles. The molecule has 0 bridgehead atoms. The van der Waals surface area contributed by atoms with Crippen LogP contribution >= 0.6 is 11.3 Å². The minimum Gasteiger partial charge on any atom is -0.497 e. The summed E-state index contributed by atoms with van der Waals surface area (Å²) < 4.78 is 6.78. The molecule has 1 N–H and O–H groups in total. The van der Waals surface area contributed by atoms with E-state index in [4.69, 9.17) is 4.74 Å². The first kappa shape index (κ1) is 13.5. The van der Waals surface area contributed by atoms with Crippen molar-refractivity contribution in [1.29, 1.82) is 0 Å². The summed E-state index contributed by atoms with van der Waals surface area (Å²) in [6.45, 7) is 0. The fourth-order valence-electron chi connectivity index (χ4n) is 1.54. The van der Waals surface area contributed by atoms with Crippen molar-refractivity contribution in [2.24, 2.45) is 12.0 Å². The molecule has 1 heterocycles. The number of rotatable bonds is 3. The average molecular weight is 278 g/mol. The summed E-state index contributed by atoms with van der Waals surface area (Å²) in [5.41, 5.74) is 0.465. The van der Waals surface area contributed by atoms with Crippen LogP contribution in [0, 0.1) is 0 Å². The molecule has 1 aromatic carbocycles. The van der Waals surface area contributed by atoms with Crippen LogP contribution in [0.3, 0.4) is 0 Å². The number of carbonyl (C=O) groups excluding carboxylic acids is 1. The van der Waals surface area contributed by atoms with Crippen LogP contribution in [-0.4, -0.2) is 22.7 Å². The van der Waals surface area contributed by atoms with Gasteiger partial charge in [-0.25, -0.2) is 0 Å². The Bertz CT molecular complexity index is 645. The summed E-state index contributed by atoms with van der Waals surface area (Å²) in [5, 5.41) is 11.8. The second-order valence-electron chi connectivity index (χ2n) is 3.93. The number of methoxy groups -OCH3 is 1. The number of hydrogen-bond donors (Lipinski definition) is 1. The van der Waals surface area contributed by atoms with Crippen molar-refractivity contribution in [3.8, 4) is 5.75 Å². The van der Waals surface area contributed by atoms with Crippen molar-refractivity contribution in [3.63, 3.8) is 0 Å². The Hall–Kier alpha value is -1.92. The summed E-state index contributed by atoms with van der Waals surface area (Å²) in [4.78, 5) is 16.3. The molecule has 0 spiro atoms. The minimum absolute atomic E-state index is 0.465. The van der Waals surface area contributed by atoms with Gasteiger partial charge in [0.05, 0.1) is 7.11 Å². The second-order valence-corrected chi connectivity index (χ2v) is 4.80. The molecule has 0 radical (unpaired) electrons. The standard InChI is InChI=1S/C13H14N2O3S/c1-15-6-7-19-13(15)14-12(17)11(16)9-4-3-5-10(8-9)18-2/h3-8,11,16H,1-2H3. The largest absolute Gasteiger partial charge is 0.497 e. The van der Waals surface area contributed by atoms with E-state index in [1.807, 2.05) is 5.38 Å². The molecule has 1 amide bonds. The Labute approximate surface area is 114 Å². The average Bonchev–Trinajstić information content (AvgIpc) is 2.83. The molecule has 1 aromatic heterocycles. The maximum absolute atomic E-state index is 11.9. The Balaban J connectivity index is 2.26. The van der Waals surface area contributed by atoms with Crippen molar-refractivity contribution in [1.82, 2.24) is 4.57 Å². The van der Waals surface area contributed by atoms with Crippen molar-refractivity contribution in [2.75, 3.05) is 7.11 Å². The van der Waals surface area contributed by atoms with Gasteiger partial charge < -0.3 is 14.4 Å². The fraction of sp³-hybridized carbons (Fsp3) is 0.231. The Morgan fingerprint density at radius 2 is 2.32 bits per heavy atom. The van der Waals surface area contributed by atoms with E-state index in [-0.39, 0.29) is 0 Å². The van der Waals surface area contributed by atoms with E-state index < -0.39 is 12.0 Å². The van der Waals surface area contributed by atoms with E-state index in [0.717, 1.165) is 0 Å². The predicted octanol–water partition coefficient (Wildman–Crippen LogP) is 1.26. The highest BCUT2D eigenvalue weighted by Gasteiger charge is 2.17. The van der Waals surface area contributed by atoms with Crippen LogP contribution in [0.25, 0.3) is 0 Å². The number of aliphatic hydroxyl groups is 1. The smallest absolute Gasteiger partial charge is 0.281 e. The quantitative estimate of drug-likeness (QED) is 0.919. The first-order valence-corrected chi connectivity index (χ1v) is 6.50. The van der Waals surface area contributed by atoms with Gasteiger partial charge in [-0.3, -0.25) is 4.79 Å². The number of thiazole rings is 1. The predicted molar refractivity (Wildman–Crippen MR) is 71.8 cm³/mol. The number of aryl methyl sites for hydroxylation is 1. The van der Waals surface area contributed by atoms with Gasteiger partial charge in [0.1, 0.15) is 5.75 Å². The number of aliphatic hydroxyl groups excluding tert-OH is 1. The molecular weight excluding hydrogens is 264 g/mol. The van der Waals surface area contributed by atoms with Crippen LogP contribution in [0.4, 0.5) is 0 Å². The third kappa shape index (κ3) is 3.10. The van der Waals surface area contributed by atoms with E-state index in [1.54, 1.807) is 42.1 Å². The molecule has 1 unspecified atom stereocenters. The van der Waals surface area contributed by atoms with E-state index in [1.165, 1.54) is 18.4 Å². The lowest BCUT2D eigenvalue weighted by Gasteiger charge is -2.08. The molecule has 0 aliphatic heterocycles. The van der Waals surface area contributed by atoms with Gasteiger partial charge in [-0.1, -0.05) is 12.1 Å². The summed E-state index contributed by atoms with van der Waals surface area (Å²) in [6, 6.07) is 6.74. The molecule has 0 aliphatic rings. The number of amides is 1. The molecule has 19 heavy (non-hydrogen) atoms. The third-order valence-corrected chi connectivity index (χ3v) is 3.46. The summed E-state index contributed by atoms with van der Waals surface area (Å²) in [6.07, 6.45) is 0.520. The second kappa shape index (κ2) is 5.81. The first-order valence-electron chi connectivity index (χ1n) is 5.62. The lowest BCUT2D eigenvalue weighted by molar-refractivity contribution is -0.126. The van der Waals surface area contributed by atoms with Crippen LogP contribution < -0.4 is 9.54 Å². The molecule has 100 valence electrons. The first-order chi connectivity index (χ1) is 9.11. The molecule has 0 saturated heterocycles. The zero-order chi connectivity index (χ0) is 13.8. The topological polar surface area (TPSA) is 63.8 Å².